The molecule has 0 amide bonds. The van der Waals surface area contributed by atoms with Crippen LogP contribution in [0.25, 0.3) is 0 Å². The Morgan fingerprint density at radius 2 is 2.60 bits per heavy atom. The van der Waals surface area contributed by atoms with Gasteiger partial charge in [-0.15, -0.1) is 11.5 Å². The van der Waals surface area contributed by atoms with Gasteiger partial charge in [0.25, 0.3) is 0 Å². The van der Waals surface area contributed by atoms with Crippen molar-refractivity contribution >= 4 is 0 Å². The molecule has 1 rings (SSSR count). The van der Waals surface area contributed by atoms with E-state index in [0.717, 1.165) is 18.7 Å². The van der Waals surface area contributed by atoms with Crippen LogP contribution in [0.4, 0.5) is 0 Å². The second-order valence-electron chi connectivity index (χ2n) is 1.99. The minimum Gasteiger partial charge on any atom is -0.237 e. The quantitative estimate of drug-likeness (QED) is 0.558. The third kappa shape index (κ3) is 1.16. The van der Waals surface area contributed by atoms with Crippen molar-refractivity contribution in [2.45, 2.75) is 19.9 Å². The summed E-state index contributed by atoms with van der Waals surface area (Å²) in [5, 5.41) is 7.48. The Morgan fingerprint density at radius 3 is 3.20 bits per heavy atom. The number of nitrogens with zero attached hydrogens (tertiary/aromatic N) is 3. The minimum atomic E-state index is 0.752. The van der Waals surface area contributed by atoms with E-state index in [4.69, 9.17) is 6.42 Å². The molecule has 0 saturated heterocycles. The Balaban J connectivity index is 2.82. The first-order valence-corrected chi connectivity index (χ1v) is 3.23. The molecule has 0 N–H and O–H groups in total. The topological polar surface area (TPSA) is 30.7 Å². The van der Waals surface area contributed by atoms with Gasteiger partial charge in [0.15, 0.2) is 0 Å². The smallest absolute Gasteiger partial charge is 0.131 e. The Labute approximate surface area is 60.1 Å². The summed E-state index contributed by atoms with van der Waals surface area (Å²) in [4.78, 5) is 0. The highest BCUT2D eigenvalue weighted by Crippen LogP contribution is 1.93. The van der Waals surface area contributed by atoms with Crippen LogP contribution >= 0.6 is 0 Å². The molecule has 1 aromatic rings. The van der Waals surface area contributed by atoms with Crippen molar-refractivity contribution in [2.24, 2.45) is 0 Å². The van der Waals surface area contributed by atoms with Crippen molar-refractivity contribution in [3.05, 3.63) is 11.9 Å². The summed E-state index contributed by atoms with van der Waals surface area (Å²) in [7, 11) is 0. The molecule has 0 atom stereocenters. The Hall–Kier alpha value is -1.30. The maximum atomic E-state index is 5.17. The van der Waals surface area contributed by atoms with E-state index < -0.39 is 0 Å². The molecule has 0 aliphatic heterocycles. The number of hydrogen-bond donors (Lipinski definition) is 0. The van der Waals surface area contributed by atoms with Gasteiger partial charge in [0.1, 0.15) is 5.69 Å². The molecule has 0 fully saturated rings. The van der Waals surface area contributed by atoms with E-state index in [9.17, 15) is 0 Å². The van der Waals surface area contributed by atoms with Gasteiger partial charge in [-0.1, -0.05) is 12.1 Å². The zero-order valence-corrected chi connectivity index (χ0v) is 5.91. The number of terminal acetylenes is 1. The van der Waals surface area contributed by atoms with Crippen LogP contribution in [-0.2, 0) is 6.54 Å². The van der Waals surface area contributed by atoms with Crippen molar-refractivity contribution in [3.8, 4) is 12.3 Å². The summed E-state index contributed by atoms with van der Waals surface area (Å²) < 4.78 is 1.72. The molecule has 0 bridgehead atoms. The monoisotopic (exact) mass is 135 g/mol. The van der Waals surface area contributed by atoms with Crippen molar-refractivity contribution in [3.63, 3.8) is 0 Å². The fraction of sp³-hybridized carbons (Fsp3) is 0.429. The lowest BCUT2D eigenvalue weighted by Gasteiger charge is -1.95. The van der Waals surface area contributed by atoms with Gasteiger partial charge in [0.2, 0.25) is 0 Å². The molecular weight excluding hydrogens is 126 g/mol. The largest absolute Gasteiger partial charge is 0.237 e. The van der Waals surface area contributed by atoms with Crippen LogP contribution in [0.3, 0.4) is 0 Å². The second-order valence-corrected chi connectivity index (χ2v) is 1.99. The maximum absolute atomic E-state index is 5.17. The molecule has 0 aliphatic carbocycles. The first kappa shape index (κ1) is 6.81. The van der Waals surface area contributed by atoms with Gasteiger partial charge in [-0.2, -0.15) is 0 Å². The molecule has 52 valence electrons. The van der Waals surface area contributed by atoms with Crippen molar-refractivity contribution in [1.82, 2.24) is 15.0 Å². The number of aromatic nitrogens is 3. The molecule has 0 saturated carbocycles. The molecule has 1 heterocycles. The van der Waals surface area contributed by atoms with Crippen molar-refractivity contribution < 1.29 is 0 Å². The third-order valence-electron chi connectivity index (χ3n) is 1.20. The summed E-state index contributed by atoms with van der Waals surface area (Å²) >= 11 is 0. The highest BCUT2D eigenvalue weighted by atomic mass is 15.4. The molecule has 10 heavy (non-hydrogen) atoms. The molecular formula is C7H9N3. The SMILES string of the molecule is C#Cc1cnnn1CCC. The average molecular weight is 135 g/mol. The molecule has 0 aromatic carbocycles. The highest BCUT2D eigenvalue weighted by Gasteiger charge is 1.96. The van der Waals surface area contributed by atoms with E-state index >= 15 is 0 Å². The zero-order chi connectivity index (χ0) is 7.40. The normalized spacial score (nSPS) is 9.20. The lowest BCUT2D eigenvalue weighted by Crippen LogP contribution is -2.01. The Morgan fingerprint density at radius 1 is 1.80 bits per heavy atom. The third-order valence-corrected chi connectivity index (χ3v) is 1.20. The van der Waals surface area contributed by atoms with Crippen LogP contribution in [0.15, 0.2) is 6.20 Å². The number of hydrogen-bond acceptors (Lipinski definition) is 2. The molecule has 1 aromatic heterocycles. The van der Waals surface area contributed by atoms with Gasteiger partial charge in [0, 0.05) is 6.54 Å². The van der Waals surface area contributed by atoms with E-state index in [1.54, 1.807) is 10.9 Å². The fourth-order valence-corrected chi connectivity index (χ4v) is 0.746. The fourth-order valence-electron chi connectivity index (χ4n) is 0.746. The van der Waals surface area contributed by atoms with Crippen LogP contribution in [0, 0.1) is 12.3 Å². The van der Waals surface area contributed by atoms with Crippen LogP contribution in [0.2, 0.25) is 0 Å². The van der Waals surface area contributed by atoms with Crippen LogP contribution in [0.1, 0.15) is 19.0 Å². The average Bonchev–Trinajstić information content (AvgIpc) is 2.36. The summed E-state index contributed by atoms with van der Waals surface area (Å²) in [6.07, 6.45) is 7.79. The Kier molecular flexibility index (Phi) is 2.06. The second kappa shape index (κ2) is 3.02. The van der Waals surface area contributed by atoms with E-state index in [1.165, 1.54) is 0 Å². The van der Waals surface area contributed by atoms with Crippen molar-refractivity contribution in [1.29, 1.82) is 0 Å². The number of aryl methyl sites for hydroxylation is 1. The van der Waals surface area contributed by atoms with E-state index in [1.807, 2.05) is 0 Å². The van der Waals surface area contributed by atoms with Crippen LogP contribution < -0.4 is 0 Å². The first-order valence-electron chi connectivity index (χ1n) is 3.23. The molecule has 3 heteroatoms. The summed E-state index contributed by atoms with van der Waals surface area (Å²) in [6, 6.07) is 0. The van der Waals surface area contributed by atoms with Gasteiger partial charge in [-0.25, -0.2) is 4.68 Å². The molecule has 3 nitrogen and oxygen atoms in total. The van der Waals surface area contributed by atoms with Crippen molar-refractivity contribution in [2.75, 3.05) is 0 Å². The Bertz CT molecular complexity index is 244. The van der Waals surface area contributed by atoms with Crippen LogP contribution in [-0.4, -0.2) is 15.0 Å². The molecule has 0 unspecified atom stereocenters. The maximum Gasteiger partial charge on any atom is 0.131 e. The lowest BCUT2D eigenvalue weighted by molar-refractivity contribution is 0.574. The minimum absolute atomic E-state index is 0.752. The molecule has 0 spiro atoms. The highest BCUT2D eigenvalue weighted by molar-refractivity contribution is 5.20. The lowest BCUT2D eigenvalue weighted by atomic mass is 10.4. The van der Waals surface area contributed by atoms with Gasteiger partial charge in [-0.05, 0) is 12.3 Å². The predicted octanol–water partition coefficient (Wildman–Crippen LogP) is 0.669. The summed E-state index contributed by atoms with van der Waals surface area (Å²) in [5.41, 5.74) is 0.752. The van der Waals surface area contributed by atoms with E-state index in [0.29, 0.717) is 0 Å². The summed E-state index contributed by atoms with van der Waals surface area (Å²) in [5.74, 6) is 2.50. The van der Waals surface area contributed by atoms with Gasteiger partial charge < -0.3 is 0 Å². The first-order chi connectivity index (χ1) is 4.88. The van der Waals surface area contributed by atoms with Gasteiger partial charge >= 0.3 is 0 Å². The summed E-state index contributed by atoms with van der Waals surface area (Å²) in [6.45, 7) is 2.92. The predicted molar refractivity (Wildman–Crippen MR) is 38.2 cm³/mol. The standard InChI is InChI=1S/C7H9N3/c1-3-5-10-7(4-2)6-8-9-10/h2,6H,3,5H2,1H3. The molecule has 0 radical (unpaired) electrons. The number of rotatable bonds is 2. The van der Waals surface area contributed by atoms with Gasteiger partial charge in [0.05, 0.1) is 6.20 Å². The molecule has 0 aliphatic rings. The van der Waals surface area contributed by atoms with E-state index in [-0.39, 0.29) is 0 Å². The van der Waals surface area contributed by atoms with E-state index in [2.05, 4.69) is 23.2 Å². The van der Waals surface area contributed by atoms with Gasteiger partial charge in [-0.3, -0.25) is 0 Å². The zero-order valence-electron chi connectivity index (χ0n) is 5.91. The van der Waals surface area contributed by atoms with Crippen LogP contribution in [0.5, 0.6) is 0 Å².